The SMILES string of the molecule is CCCCNC(=S)N/N=C1/C[C@@H]2CC=C[C@H]12. The fourth-order valence-electron chi connectivity index (χ4n) is 2.20. The molecule has 1 fully saturated rings. The van der Waals surface area contributed by atoms with Crippen molar-refractivity contribution in [2.24, 2.45) is 16.9 Å². The number of fused-ring (bicyclic) bond motifs is 1. The monoisotopic (exact) mass is 237 g/mol. The Bertz CT molecular complexity index is 322. The van der Waals surface area contributed by atoms with Crippen LogP contribution in [0.2, 0.25) is 0 Å². The second-order valence-electron chi connectivity index (χ2n) is 4.48. The first-order chi connectivity index (χ1) is 7.81. The van der Waals surface area contributed by atoms with Crippen LogP contribution in [0.15, 0.2) is 17.3 Å². The Morgan fingerprint density at radius 2 is 2.50 bits per heavy atom. The van der Waals surface area contributed by atoms with Crippen molar-refractivity contribution < 1.29 is 0 Å². The zero-order valence-corrected chi connectivity index (χ0v) is 10.5. The van der Waals surface area contributed by atoms with Gasteiger partial charge in [0.15, 0.2) is 5.11 Å². The van der Waals surface area contributed by atoms with Gasteiger partial charge in [-0.3, -0.25) is 5.43 Å². The number of unbranched alkanes of at least 4 members (excludes halogenated alkanes) is 1. The molecule has 2 aliphatic carbocycles. The van der Waals surface area contributed by atoms with E-state index < -0.39 is 0 Å². The number of thiocarbonyl (C=S) groups is 1. The Morgan fingerprint density at radius 3 is 3.25 bits per heavy atom. The molecule has 0 heterocycles. The highest BCUT2D eigenvalue weighted by Crippen LogP contribution is 2.39. The molecule has 2 aliphatic rings. The molecule has 0 unspecified atom stereocenters. The van der Waals surface area contributed by atoms with Gasteiger partial charge in [0.25, 0.3) is 0 Å². The van der Waals surface area contributed by atoms with Crippen LogP contribution in [0.4, 0.5) is 0 Å². The highest BCUT2D eigenvalue weighted by molar-refractivity contribution is 7.80. The summed E-state index contributed by atoms with van der Waals surface area (Å²) in [6.45, 7) is 3.10. The van der Waals surface area contributed by atoms with E-state index in [1.54, 1.807) is 0 Å². The van der Waals surface area contributed by atoms with Crippen LogP contribution >= 0.6 is 12.2 Å². The van der Waals surface area contributed by atoms with Crippen LogP contribution in [-0.2, 0) is 0 Å². The van der Waals surface area contributed by atoms with E-state index in [4.69, 9.17) is 12.2 Å². The van der Waals surface area contributed by atoms with E-state index in [9.17, 15) is 0 Å². The van der Waals surface area contributed by atoms with Crippen molar-refractivity contribution in [3.8, 4) is 0 Å². The smallest absolute Gasteiger partial charge is 0.186 e. The van der Waals surface area contributed by atoms with Crippen molar-refractivity contribution in [3.05, 3.63) is 12.2 Å². The summed E-state index contributed by atoms with van der Waals surface area (Å²) in [6, 6.07) is 0. The Balaban J connectivity index is 1.69. The molecular weight excluding hydrogens is 218 g/mol. The maximum absolute atomic E-state index is 5.13. The molecule has 16 heavy (non-hydrogen) atoms. The van der Waals surface area contributed by atoms with E-state index in [1.165, 1.54) is 18.6 Å². The van der Waals surface area contributed by atoms with E-state index in [0.717, 1.165) is 25.3 Å². The normalized spacial score (nSPS) is 28.7. The number of nitrogens with one attached hydrogen (secondary N) is 2. The summed E-state index contributed by atoms with van der Waals surface area (Å²) in [5.74, 6) is 1.41. The molecule has 2 N–H and O–H groups in total. The van der Waals surface area contributed by atoms with Gasteiger partial charge < -0.3 is 5.32 Å². The van der Waals surface area contributed by atoms with Gasteiger partial charge in [-0.15, -0.1) is 0 Å². The lowest BCUT2D eigenvalue weighted by Gasteiger charge is -2.31. The van der Waals surface area contributed by atoms with Crippen LogP contribution in [0, 0.1) is 11.8 Å². The van der Waals surface area contributed by atoms with Crippen LogP contribution in [0.25, 0.3) is 0 Å². The molecule has 0 bridgehead atoms. The number of rotatable bonds is 4. The first kappa shape index (κ1) is 11.6. The third-order valence-corrected chi connectivity index (χ3v) is 3.50. The first-order valence-corrected chi connectivity index (χ1v) is 6.49. The summed E-state index contributed by atoms with van der Waals surface area (Å²) in [5, 5.41) is 8.15. The van der Waals surface area contributed by atoms with Crippen molar-refractivity contribution in [1.29, 1.82) is 0 Å². The number of hydrogen-bond acceptors (Lipinski definition) is 2. The summed E-state index contributed by atoms with van der Waals surface area (Å²) in [5.41, 5.74) is 4.18. The average Bonchev–Trinajstić information content (AvgIpc) is 2.61. The Morgan fingerprint density at radius 1 is 1.62 bits per heavy atom. The molecule has 0 amide bonds. The minimum Gasteiger partial charge on any atom is -0.361 e. The molecule has 2 atom stereocenters. The summed E-state index contributed by atoms with van der Waals surface area (Å²) in [7, 11) is 0. The summed E-state index contributed by atoms with van der Waals surface area (Å²) in [4.78, 5) is 0. The van der Waals surface area contributed by atoms with Gasteiger partial charge in [0.2, 0.25) is 0 Å². The Kier molecular flexibility index (Phi) is 3.93. The Labute approximate surface area is 102 Å². The lowest BCUT2D eigenvalue weighted by molar-refractivity contribution is 0.444. The predicted octanol–water partition coefficient (Wildman–Crippen LogP) is 2.20. The fourth-order valence-corrected chi connectivity index (χ4v) is 2.35. The molecule has 88 valence electrons. The zero-order valence-electron chi connectivity index (χ0n) is 9.70. The molecule has 0 aromatic heterocycles. The van der Waals surface area contributed by atoms with Crippen molar-refractivity contribution in [2.75, 3.05) is 6.54 Å². The Hall–Kier alpha value is -0.900. The summed E-state index contributed by atoms with van der Waals surface area (Å²) in [6.07, 6.45) is 9.20. The minimum absolute atomic E-state index is 0.589. The van der Waals surface area contributed by atoms with Gasteiger partial charge in [-0.25, -0.2) is 0 Å². The number of nitrogens with zero attached hydrogens (tertiary/aromatic N) is 1. The van der Waals surface area contributed by atoms with Crippen LogP contribution < -0.4 is 10.7 Å². The first-order valence-electron chi connectivity index (χ1n) is 6.08. The lowest BCUT2D eigenvalue weighted by Crippen LogP contribution is -2.38. The molecule has 0 spiro atoms. The molecule has 0 aromatic carbocycles. The second-order valence-corrected chi connectivity index (χ2v) is 4.89. The quantitative estimate of drug-likeness (QED) is 0.341. The molecule has 2 rings (SSSR count). The zero-order chi connectivity index (χ0) is 11.4. The lowest BCUT2D eigenvalue weighted by atomic mass is 9.74. The summed E-state index contributed by atoms with van der Waals surface area (Å²) < 4.78 is 0. The maximum Gasteiger partial charge on any atom is 0.186 e. The standard InChI is InChI=1S/C12H19N3S/c1-2-3-7-13-12(16)15-14-11-8-9-5-4-6-10(9)11/h4,6,9-10H,2-3,5,7-8H2,1H3,(H2,13,15,16)/b14-11-/t9-,10-/m0/s1. The van der Waals surface area contributed by atoms with Gasteiger partial charge in [0.1, 0.15) is 0 Å². The van der Waals surface area contributed by atoms with Crippen LogP contribution in [-0.4, -0.2) is 17.4 Å². The third kappa shape index (κ3) is 2.61. The van der Waals surface area contributed by atoms with E-state index in [-0.39, 0.29) is 0 Å². The van der Waals surface area contributed by atoms with Crippen LogP contribution in [0.1, 0.15) is 32.6 Å². The van der Waals surface area contributed by atoms with Gasteiger partial charge in [0.05, 0.1) is 0 Å². The molecule has 0 saturated heterocycles. The molecule has 0 aliphatic heterocycles. The highest BCUT2D eigenvalue weighted by Gasteiger charge is 2.37. The maximum atomic E-state index is 5.13. The van der Waals surface area contributed by atoms with Crippen molar-refractivity contribution in [2.45, 2.75) is 32.6 Å². The molecule has 0 radical (unpaired) electrons. The van der Waals surface area contributed by atoms with Gasteiger partial charge in [-0.1, -0.05) is 25.5 Å². The van der Waals surface area contributed by atoms with Crippen LogP contribution in [0.3, 0.4) is 0 Å². The fraction of sp³-hybridized carbons (Fsp3) is 0.667. The molecule has 0 aromatic rings. The van der Waals surface area contributed by atoms with Gasteiger partial charge in [0, 0.05) is 18.2 Å². The van der Waals surface area contributed by atoms with Crippen molar-refractivity contribution in [3.63, 3.8) is 0 Å². The largest absolute Gasteiger partial charge is 0.361 e. The number of allylic oxidation sites excluding steroid dienone is 2. The molecule has 3 nitrogen and oxygen atoms in total. The highest BCUT2D eigenvalue weighted by atomic mass is 32.1. The average molecular weight is 237 g/mol. The number of hydrogen-bond donors (Lipinski definition) is 2. The predicted molar refractivity (Wildman–Crippen MR) is 71.4 cm³/mol. The topological polar surface area (TPSA) is 36.4 Å². The number of hydrazone groups is 1. The van der Waals surface area contributed by atoms with Gasteiger partial charge in [-0.05, 0) is 37.4 Å². The molecule has 4 heteroatoms. The van der Waals surface area contributed by atoms with Crippen molar-refractivity contribution in [1.82, 2.24) is 10.7 Å². The minimum atomic E-state index is 0.589. The van der Waals surface area contributed by atoms with Crippen molar-refractivity contribution >= 4 is 23.0 Å². The second kappa shape index (κ2) is 5.43. The van der Waals surface area contributed by atoms with Gasteiger partial charge in [-0.2, -0.15) is 5.10 Å². The van der Waals surface area contributed by atoms with Gasteiger partial charge >= 0.3 is 0 Å². The van der Waals surface area contributed by atoms with Crippen LogP contribution in [0.5, 0.6) is 0 Å². The molecule has 1 saturated carbocycles. The van der Waals surface area contributed by atoms with E-state index in [1.807, 2.05) is 0 Å². The van der Waals surface area contributed by atoms with E-state index in [0.29, 0.717) is 11.0 Å². The third-order valence-electron chi connectivity index (χ3n) is 3.26. The molecular formula is C12H19N3S. The van der Waals surface area contributed by atoms with E-state index in [2.05, 4.69) is 34.9 Å². The summed E-state index contributed by atoms with van der Waals surface area (Å²) >= 11 is 5.13. The van der Waals surface area contributed by atoms with E-state index >= 15 is 0 Å².